The largest absolute Gasteiger partial charge is 0.443 e. The van der Waals surface area contributed by atoms with E-state index in [1.165, 1.54) is 24.4 Å². The van der Waals surface area contributed by atoms with E-state index in [-0.39, 0.29) is 27.4 Å². The smallest absolute Gasteiger partial charge is 0.424 e. The van der Waals surface area contributed by atoms with Crippen LogP contribution in [0.5, 0.6) is 0 Å². The van der Waals surface area contributed by atoms with Crippen LogP contribution in [0.2, 0.25) is 0 Å². The summed E-state index contributed by atoms with van der Waals surface area (Å²) < 4.78 is 52.9. The predicted molar refractivity (Wildman–Crippen MR) is 141 cm³/mol. The van der Waals surface area contributed by atoms with Crippen LogP contribution in [0.3, 0.4) is 0 Å². The summed E-state index contributed by atoms with van der Waals surface area (Å²) in [5, 5.41) is 0.270. The summed E-state index contributed by atoms with van der Waals surface area (Å²) in [4.78, 5) is 49.0. The maximum atomic E-state index is 13.7. The molecule has 0 aliphatic rings. The van der Waals surface area contributed by atoms with Crippen LogP contribution in [0.15, 0.2) is 46.5 Å². The molecule has 0 aliphatic carbocycles. The van der Waals surface area contributed by atoms with Gasteiger partial charge in [-0.25, -0.2) is 19.6 Å². The number of hydrogen-bond acceptors (Lipinski definition) is 8. The molecule has 0 saturated heterocycles. The van der Waals surface area contributed by atoms with Gasteiger partial charge in [0, 0.05) is 12.3 Å². The third-order valence-corrected chi connectivity index (χ3v) is 5.59. The normalized spacial score (nSPS) is 12.4. The van der Waals surface area contributed by atoms with Crippen molar-refractivity contribution in [3.8, 4) is 0 Å². The Morgan fingerprint density at radius 3 is 2.08 bits per heavy atom. The number of benzene rings is 1. The second-order valence-electron chi connectivity index (χ2n) is 10.5. The molecule has 0 radical (unpaired) electrons. The molecule has 13 heteroatoms. The van der Waals surface area contributed by atoms with E-state index in [9.17, 15) is 27.6 Å². The van der Waals surface area contributed by atoms with Crippen LogP contribution in [0.1, 0.15) is 52.7 Å². The van der Waals surface area contributed by atoms with E-state index in [0.29, 0.717) is 4.90 Å². The third-order valence-electron chi connectivity index (χ3n) is 5.03. The standard InChI is InChI=1S/C26H29F3N4O5S/c1-24(2,3)37-22(35)33(23(36)38-25(4,5)6)18-12-19(34)32(20-16(18)13-30-21(31-20)39-7)14-15-10-8-9-11-17(15)26(27,28)29/h8-13H,14H2,1-7H3. The summed E-state index contributed by atoms with van der Waals surface area (Å²) in [6.45, 7) is 9.11. The lowest BCUT2D eigenvalue weighted by Crippen LogP contribution is -2.44. The Hall–Kier alpha value is -3.61. The number of aromatic nitrogens is 3. The number of imide groups is 1. The molecule has 0 spiro atoms. The number of nitrogens with zero attached hydrogens (tertiary/aromatic N) is 4. The van der Waals surface area contributed by atoms with Crippen molar-refractivity contribution in [2.75, 3.05) is 11.2 Å². The van der Waals surface area contributed by atoms with Gasteiger partial charge >= 0.3 is 18.4 Å². The van der Waals surface area contributed by atoms with E-state index in [1.807, 2.05) is 0 Å². The second kappa shape index (κ2) is 10.9. The Morgan fingerprint density at radius 2 is 1.56 bits per heavy atom. The van der Waals surface area contributed by atoms with E-state index in [2.05, 4.69) is 9.97 Å². The van der Waals surface area contributed by atoms with E-state index in [4.69, 9.17) is 9.47 Å². The van der Waals surface area contributed by atoms with Crippen molar-refractivity contribution in [2.45, 2.75) is 70.6 Å². The van der Waals surface area contributed by atoms with Gasteiger partial charge in [-0.3, -0.25) is 9.36 Å². The molecule has 3 rings (SSSR count). The van der Waals surface area contributed by atoms with Gasteiger partial charge in [-0.2, -0.15) is 18.1 Å². The molecular weight excluding hydrogens is 537 g/mol. The Kier molecular flexibility index (Phi) is 8.34. The Bertz CT molecular complexity index is 1430. The minimum absolute atomic E-state index is 0.0496. The molecule has 3 aromatic rings. The fraction of sp³-hybridized carbons (Fsp3) is 0.423. The summed E-state index contributed by atoms with van der Waals surface area (Å²) in [5.74, 6) is 0. The lowest BCUT2D eigenvalue weighted by atomic mass is 10.1. The highest BCUT2D eigenvalue weighted by Gasteiger charge is 2.36. The van der Waals surface area contributed by atoms with Gasteiger partial charge in [0.05, 0.1) is 23.2 Å². The molecule has 2 aromatic heterocycles. The number of fused-ring (bicyclic) bond motifs is 1. The number of carbonyl (C=O) groups is 2. The first-order valence-electron chi connectivity index (χ1n) is 11.8. The van der Waals surface area contributed by atoms with Crippen molar-refractivity contribution in [3.63, 3.8) is 0 Å². The molecule has 0 bridgehead atoms. The van der Waals surface area contributed by atoms with Crippen molar-refractivity contribution >= 4 is 40.7 Å². The number of alkyl halides is 3. The topological polar surface area (TPSA) is 104 Å². The molecular formula is C26H29F3N4O5S. The number of anilines is 1. The number of amides is 2. The zero-order valence-corrected chi connectivity index (χ0v) is 23.4. The minimum Gasteiger partial charge on any atom is -0.443 e. The van der Waals surface area contributed by atoms with Gasteiger partial charge in [0.25, 0.3) is 5.56 Å². The Labute approximate surface area is 227 Å². The van der Waals surface area contributed by atoms with E-state index < -0.39 is 47.2 Å². The van der Waals surface area contributed by atoms with Crippen LogP contribution in [-0.2, 0) is 22.2 Å². The molecule has 210 valence electrons. The predicted octanol–water partition coefficient (Wildman–Crippen LogP) is 6.26. The maximum absolute atomic E-state index is 13.7. The van der Waals surface area contributed by atoms with E-state index in [0.717, 1.165) is 28.5 Å². The number of halogens is 3. The first-order chi connectivity index (χ1) is 17.9. The summed E-state index contributed by atoms with van der Waals surface area (Å²) in [6, 6.07) is 5.82. The molecule has 0 unspecified atom stereocenters. The van der Waals surface area contributed by atoms with Gasteiger partial charge in [-0.15, -0.1) is 0 Å². The average molecular weight is 567 g/mol. The zero-order chi connectivity index (χ0) is 29.3. The molecule has 0 atom stereocenters. The lowest BCUT2D eigenvalue weighted by Gasteiger charge is -2.29. The molecule has 0 fully saturated rings. The first kappa shape index (κ1) is 29.9. The van der Waals surface area contributed by atoms with Gasteiger partial charge < -0.3 is 9.47 Å². The quantitative estimate of drug-likeness (QED) is 0.269. The van der Waals surface area contributed by atoms with Crippen molar-refractivity contribution in [2.24, 2.45) is 0 Å². The number of thioether (sulfide) groups is 1. The Balaban J connectivity index is 2.30. The van der Waals surface area contributed by atoms with Gasteiger partial charge in [-0.05, 0) is 59.4 Å². The monoisotopic (exact) mass is 566 g/mol. The fourth-order valence-electron chi connectivity index (χ4n) is 3.55. The summed E-state index contributed by atoms with van der Waals surface area (Å²) in [5.41, 5.74) is -4.20. The van der Waals surface area contributed by atoms with Crippen molar-refractivity contribution in [1.29, 1.82) is 0 Å². The summed E-state index contributed by atoms with van der Waals surface area (Å²) in [7, 11) is 0. The number of rotatable bonds is 4. The highest BCUT2D eigenvalue weighted by atomic mass is 32.2. The molecule has 2 amide bonds. The van der Waals surface area contributed by atoms with Gasteiger partial charge in [0.1, 0.15) is 16.8 Å². The van der Waals surface area contributed by atoms with Crippen LogP contribution in [0.25, 0.3) is 11.0 Å². The van der Waals surface area contributed by atoms with Gasteiger partial charge in [0.2, 0.25) is 0 Å². The van der Waals surface area contributed by atoms with Crippen LogP contribution < -0.4 is 10.5 Å². The summed E-state index contributed by atoms with van der Waals surface area (Å²) >= 11 is 1.14. The molecule has 39 heavy (non-hydrogen) atoms. The molecule has 9 nitrogen and oxygen atoms in total. The average Bonchev–Trinajstić information content (AvgIpc) is 2.78. The van der Waals surface area contributed by atoms with Crippen LogP contribution in [-0.4, -0.2) is 44.2 Å². The van der Waals surface area contributed by atoms with Gasteiger partial charge in [0.15, 0.2) is 5.16 Å². The molecule has 2 heterocycles. The van der Waals surface area contributed by atoms with Gasteiger partial charge in [-0.1, -0.05) is 30.0 Å². The number of hydrogen-bond donors (Lipinski definition) is 0. The van der Waals surface area contributed by atoms with Crippen molar-refractivity contribution in [1.82, 2.24) is 14.5 Å². The Morgan fingerprint density at radius 1 is 1.00 bits per heavy atom. The van der Waals surface area contributed by atoms with Crippen molar-refractivity contribution < 1.29 is 32.2 Å². The molecule has 0 aliphatic heterocycles. The van der Waals surface area contributed by atoms with Crippen LogP contribution in [0.4, 0.5) is 28.4 Å². The third kappa shape index (κ3) is 7.28. The first-order valence-corrected chi connectivity index (χ1v) is 13.0. The summed E-state index contributed by atoms with van der Waals surface area (Å²) in [6.07, 6.45) is -3.92. The lowest BCUT2D eigenvalue weighted by molar-refractivity contribution is -0.138. The van der Waals surface area contributed by atoms with Crippen LogP contribution in [0, 0.1) is 0 Å². The molecule has 0 N–H and O–H groups in total. The number of carbonyl (C=O) groups excluding carboxylic acids is 2. The molecule has 1 aromatic carbocycles. The highest BCUT2D eigenvalue weighted by Crippen LogP contribution is 2.33. The SMILES string of the molecule is CSc1ncc2c(N(C(=O)OC(C)(C)C)C(=O)OC(C)(C)C)cc(=O)n(Cc3ccccc3C(F)(F)F)c2n1. The van der Waals surface area contributed by atoms with Crippen molar-refractivity contribution in [3.05, 3.63) is 58.0 Å². The fourth-order valence-corrected chi connectivity index (χ4v) is 3.88. The van der Waals surface area contributed by atoms with E-state index in [1.54, 1.807) is 47.8 Å². The maximum Gasteiger partial charge on any atom is 0.424 e. The second-order valence-corrected chi connectivity index (χ2v) is 11.3. The zero-order valence-electron chi connectivity index (χ0n) is 22.5. The van der Waals surface area contributed by atoms with Crippen LogP contribution >= 0.6 is 11.8 Å². The minimum atomic E-state index is -4.65. The number of pyridine rings is 1. The highest BCUT2D eigenvalue weighted by molar-refractivity contribution is 7.98. The van der Waals surface area contributed by atoms with E-state index >= 15 is 0 Å². The molecule has 0 saturated carbocycles. The number of ether oxygens (including phenoxy) is 2.